The third kappa shape index (κ3) is 6.33. The second kappa shape index (κ2) is 10.4. The molecular weight excluding hydrogens is 319 g/mol. The number of benzene rings is 1. The average Bonchev–Trinajstić information content (AvgIpc) is 2.65. The fourth-order valence-corrected chi connectivity index (χ4v) is 3.31. The third-order valence-electron chi connectivity index (χ3n) is 4.85. The molecule has 0 saturated heterocycles. The summed E-state index contributed by atoms with van der Waals surface area (Å²) in [5.41, 5.74) is 1.31. The third-order valence-corrected chi connectivity index (χ3v) is 4.85. The van der Waals surface area contributed by atoms with Gasteiger partial charge in [0.1, 0.15) is 11.9 Å². The van der Waals surface area contributed by atoms with Crippen LogP contribution in [0, 0.1) is 0 Å². The lowest BCUT2D eigenvalue weighted by Crippen LogP contribution is -2.28. The molecule has 0 aromatic heterocycles. The number of hydrogen-bond donors (Lipinski definition) is 0. The Hall–Kier alpha value is -1.58. The van der Waals surface area contributed by atoms with E-state index < -0.39 is 12.1 Å². The minimum absolute atomic E-state index is 0.129. The molecular formula is C21H31FO3. The van der Waals surface area contributed by atoms with Gasteiger partial charge in [0.2, 0.25) is 0 Å². The predicted molar refractivity (Wildman–Crippen MR) is 97.7 cm³/mol. The quantitative estimate of drug-likeness (QED) is 0.546. The van der Waals surface area contributed by atoms with Crippen LogP contribution in [0.3, 0.4) is 0 Å². The second-order valence-electron chi connectivity index (χ2n) is 6.94. The average molecular weight is 350 g/mol. The molecule has 0 radical (unpaired) electrons. The highest BCUT2D eigenvalue weighted by Gasteiger charge is 2.27. The summed E-state index contributed by atoms with van der Waals surface area (Å²) in [7, 11) is 0. The van der Waals surface area contributed by atoms with Crippen molar-refractivity contribution >= 4 is 5.97 Å². The lowest BCUT2D eigenvalue weighted by Gasteiger charge is -2.29. The van der Waals surface area contributed by atoms with Crippen molar-refractivity contribution in [1.82, 2.24) is 0 Å². The number of halogens is 1. The van der Waals surface area contributed by atoms with Gasteiger partial charge in [-0.1, -0.05) is 38.8 Å². The molecule has 0 amide bonds. The molecule has 0 bridgehead atoms. The molecule has 0 aliphatic heterocycles. The molecule has 1 aromatic rings. The van der Waals surface area contributed by atoms with Crippen LogP contribution in [0.1, 0.15) is 76.7 Å². The van der Waals surface area contributed by atoms with Crippen LogP contribution in [-0.4, -0.2) is 24.9 Å². The predicted octanol–water partition coefficient (Wildman–Crippen LogP) is 5.57. The van der Waals surface area contributed by atoms with Crippen molar-refractivity contribution < 1.29 is 18.7 Å². The Bertz CT molecular complexity index is 506. The van der Waals surface area contributed by atoms with Crippen LogP contribution in [0.2, 0.25) is 0 Å². The van der Waals surface area contributed by atoms with E-state index in [1.165, 1.54) is 5.56 Å². The van der Waals surface area contributed by atoms with Crippen LogP contribution in [0.4, 0.5) is 4.39 Å². The highest BCUT2D eigenvalue weighted by molar-refractivity contribution is 5.74. The van der Waals surface area contributed by atoms with E-state index in [2.05, 4.69) is 19.1 Å². The van der Waals surface area contributed by atoms with Crippen LogP contribution < -0.4 is 4.74 Å². The molecule has 0 N–H and O–H groups in total. The minimum atomic E-state index is -1.46. The van der Waals surface area contributed by atoms with Gasteiger partial charge in [0, 0.05) is 0 Å². The van der Waals surface area contributed by atoms with E-state index in [1.807, 2.05) is 19.1 Å². The smallest absolute Gasteiger partial charge is 0.340 e. The Morgan fingerprint density at radius 3 is 2.40 bits per heavy atom. The molecule has 1 saturated carbocycles. The molecule has 140 valence electrons. The standard InChI is InChI=1S/C21H31FO3/c1-3-5-6-20(22)21(23)25-19-13-9-17(10-14-19)16-7-11-18(12-8-16)24-15-4-2/h7-8,11-12,17,19-20H,3-6,9-10,13-15H2,1-2H3/t17?,19?,20-/m0/s1. The SMILES string of the molecule is CCCC[C@H](F)C(=O)OC1CCC(c2ccc(OCCC)cc2)CC1. The van der Waals surface area contributed by atoms with E-state index in [-0.39, 0.29) is 12.5 Å². The van der Waals surface area contributed by atoms with Gasteiger partial charge in [0.15, 0.2) is 6.17 Å². The first-order valence-electron chi connectivity index (χ1n) is 9.71. The minimum Gasteiger partial charge on any atom is -0.494 e. The van der Waals surface area contributed by atoms with Crippen LogP contribution in [-0.2, 0) is 9.53 Å². The lowest BCUT2D eigenvalue weighted by molar-refractivity contribution is -0.157. The number of rotatable bonds is 9. The van der Waals surface area contributed by atoms with Crippen molar-refractivity contribution in [2.75, 3.05) is 6.61 Å². The molecule has 4 heteroatoms. The molecule has 1 aliphatic rings. The number of ether oxygens (including phenoxy) is 2. The van der Waals surface area contributed by atoms with E-state index in [9.17, 15) is 9.18 Å². The summed E-state index contributed by atoms with van der Waals surface area (Å²) in [6.07, 6.45) is 4.86. The molecule has 3 nitrogen and oxygen atoms in total. The fourth-order valence-electron chi connectivity index (χ4n) is 3.31. The van der Waals surface area contributed by atoms with Gasteiger partial charge in [-0.2, -0.15) is 0 Å². The summed E-state index contributed by atoms with van der Waals surface area (Å²) < 4.78 is 24.7. The fraction of sp³-hybridized carbons (Fsp3) is 0.667. The molecule has 25 heavy (non-hydrogen) atoms. The van der Waals surface area contributed by atoms with Crippen molar-refractivity contribution in [1.29, 1.82) is 0 Å². The first-order chi connectivity index (χ1) is 12.1. The van der Waals surface area contributed by atoms with Gasteiger partial charge >= 0.3 is 5.97 Å². The monoisotopic (exact) mass is 350 g/mol. The van der Waals surface area contributed by atoms with E-state index >= 15 is 0 Å². The van der Waals surface area contributed by atoms with E-state index in [0.29, 0.717) is 5.92 Å². The van der Waals surface area contributed by atoms with Crippen molar-refractivity contribution in [3.8, 4) is 5.75 Å². The topological polar surface area (TPSA) is 35.5 Å². The lowest BCUT2D eigenvalue weighted by atomic mass is 9.83. The van der Waals surface area contributed by atoms with Crippen molar-refractivity contribution in [2.45, 2.75) is 83.4 Å². The highest BCUT2D eigenvalue weighted by atomic mass is 19.1. The molecule has 0 heterocycles. The van der Waals surface area contributed by atoms with Crippen molar-refractivity contribution in [3.63, 3.8) is 0 Å². The molecule has 1 aliphatic carbocycles. The summed E-state index contributed by atoms with van der Waals surface area (Å²) >= 11 is 0. The molecule has 1 fully saturated rings. The summed E-state index contributed by atoms with van der Waals surface area (Å²) in [5.74, 6) is 0.722. The molecule has 1 atom stereocenters. The summed E-state index contributed by atoms with van der Waals surface area (Å²) in [5, 5.41) is 0. The van der Waals surface area contributed by atoms with E-state index in [0.717, 1.165) is 57.3 Å². The Kier molecular flexibility index (Phi) is 8.23. The van der Waals surface area contributed by atoms with Crippen LogP contribution in [0.5, 0.6) is 5.75 Å². The summed E-state index contributed by atoms with van der Waals surface area (Å²) in [6, 6.07) is 8.31. The van der Waals surface area contributed by atoms with Gasteiger partial charge < -0.3 is 9.47 Å². The second-order valence-corrected chi connectivity index (χ2v) is 6.94. The first-order valence-corrected chi connectivity index (χ1v) is 9.71. The maximum absolute atomic E-state index is 13.7. The maximum Gasteiger partial charge on any atom is 0.340 e. The van der Waals surface area contributed by atoms with Gasteiger partial charge in [0.05, 0.1) is 6.61 Å². The number of alkyl halides is 1. The van der Waals surface area contributed by atoms with Gasteiger partial charge in [-0.15, -0.1) is 0 Å². The number of hydrogen-bond acceptors (Lipinski definition) is 3. The zero-order valence-corrected chi connectivity index (χ0v) is 15.5. The largest absolute Gasteiger partial charge is 0.494 e. The molecule has 1 aromatic carbocycles. The van der Waals surface area contributed by atoms with Crippen LogP contribution >= 0.6 is 0 Å². The Balaban J connectivity index is 1.76. The van der Waals surface area contributed by atoms with Gasteiger partial charge in [-0.05, 0) is 62.1 Å². The Morgan fingerprint density at radius 2 is 1.80 bits per heavy atom. The maximum atomic E-state index is 13.7. The van der Waals surface area contributed by atoms with Gasteiger partial charge in [-0.3, -0.25) is 0 Å². The molecule has 0 unspecified atom stereocenters. The number of carbonyl (C=O) groups is 1. The molecule has 2 rings (SSSR count). The van der Waals surface area contributed by atoms with Crippen LogP contribution in [0.25, 0.3) is 0 Å². The highest BCUT2D eigenvalue weighted by Crippen LogP contribution is 2.35. The van der Waals surface area contributed by atoms with E-state index in [4.69, 9.17) is 9.47 Å². The summed E-state index contributed by atoms with van der Waals surface area (Å²) in [4.78, 5) is 11.8. The van der Waals surface area contributed by atoms with Gasteiger partial charge in [-0.25, -0.2) is 9.18 Å². The number of unbranched alkanes of at least 4 members (excludes halogenated alkanes) is 1. The summed E-state index contributed by atoms with van der Waals surface area (Å²) in [6.45, 7) is 4.82. The zero-order chi connectivity index (χ0) is 18.1. The molecule has 0 spiro atoms. The number of esters is 1. The normalized spacial score (nSPS) is 21.6. The van der Waals surface area contributed by atoms with E-state index in [1.54, 1.807) is 0 Å². The van der Waals surface area contributed by atoms with Crippen LogP contribution in [0.15, 0.2) is 24.3 Å². The zero-order valence-electron chi connectivity index (χ0n) is 15.5. The Labute approximate surface area is 150 Å². The first kappa shape index (κ1) is 19.7. The van der Waals surface area contributed by atoms with Crippen molar-refractivity contribution in [3.05, 3.63) is 29.8 Å². The number of carbonyl (C=O) groups excluding carboxylic acids is 1. The Morgan fingerprint density at radius 1 is 1.12 bits per heavy atom. The van der Waals surface area contributed by atoms with Gasteiger partial charge in [0.25, 0.3) is 0 Å². The van der Waals surface area contributed by atoms with Crippen molar-refractivity contribution in [2.24, 2.45) is 0 Å².